The Morgan fingerprint density at radius 3 is 2.69 bits per heavy atom. The molecule has 1 aromatic rings. The number of aromatic nitrogens is 2. The summed E-state index contributed by atoms with van der Waals surface area (Å²) in [6.07, 6.45) is 3.62. The highest BCUT2D eigenvalue weighted by Gasteiger charge is 2.45. The normalized spacial score (nSPS) is 19.0. The summed E-state index contributed by atoms with van der Waals surface area (Å²) in [5, 5.41) is 4.52. The molecule has 0 aromatic carbocycles. The van der Waals surface area contributed by atoms with Crippen molar-refractivity contribution in [1.29, 1.82) is 0 Å². The fourth-order valence-corrected chi connectivity index (χ4v) is 1.88. The molecule has 0 unspecified atom stereocenters. The van der Waals surface area contributed by atoms with Crippen molar-refractivity contribution in [2.24, 2.45) is 12.8 Å². The van der Waals surface area contributed by atoms with E-state index in [-0.39, 0.29) is 0 Å². The fraction of sp³-hybridized carbons (Fsp3) is 0.700. The minimum Gasteiger partial charge on any atom is -0.330 e. The van der Waals surface area contributed by atoms with Crippen LogP contribution >= 0.6 is 0 Å². The SMILES string of the molecule is Cc1cc(C2(CCN)CC2)nn1C. The van der Waals surface area contributed by atoms with Crippen LogP contribution < -0.4 is 5.73 Å². The molecule has 0 bridgehead atoms. The molecule has 1 aromatic heterocycles. The van der Waals surface area contributed by atoms with Gasteiger partial charge in [0.2, 0.25) is 0 Å². The quantitative estimate of drug-likeness (QED) is 0.755. The maximum atomic E-state index is 5.60. The molecule has 0 atom stereocenters. The standard InChI is InChI=1S/C10H17N3/c1-8-7-9(12-13(8)2)10(3-4-10)5-6-11/h7H,3-6,11H2,1-2H3. The van der Waals surface area contributed by atoms with E-state index >= 15 is 0 Å². The maximum absolute atomic E-state index is 5.60. The molecule has 3 nitrogen and oxygen atoms in total. The highest BCUT2D eigenvalue weighted by Crippen LogP contribution is 2.50. The molecule has 1 aliphatic carbocycles. The average Bonchev–Trinajstić information content (AvgIpc) is 2.78. The number of hydrogen-bond donors (Lipinski definition) is 1. The van der Waals surface area contributed by atoms with Crippen LogP contribution in [0.5, 0.6) is 0 Å². The fourth-order valence-electron chi connectivity index (χ4n) is 1.88. The van der Waals surface area contributed by atoms with Gasteiger partial charge < -0.3 is 5.73 Å². The first-order chi connectivity index (χ1) is 6.18. The monoisotopic (exact) mass is 179 g/mol. The Balaban J connectivity index is 2.25. The number of nitrogens with two attached hydrogens (primary N) is 1. The van der Waals surface area contributed by atoms with Crippen molar-refractivity contribution in [3.63, 3.8) is 0 Å². The first kappa shape index (κ1) is 8.75. The van der Waals surface area contributed by atoms with Crippen LogP contribution in [-0.2, 0) is 12.5 Å². The van der Waals surface area contributed by atoms with Crippen molar-refractivity contribution in [1.82, 2.24) is 9.78 Å². The Labute approximate surface area is 78.9 Å². The van der Waals surface area contributed by atoms with E-state index in [1.54, 1.807) is 0 Å². The molecule has 3 heteroatoms. The van der Waals surface area contributed by atoms with Crippen molar-refractivity contribution in [3.05, 3.63) is 17.5 Å². The molecule has 72 valence electrons. The molecule has 0 radical (unpaired) electrons. The highest BCUT2D eigenvalue weighted by atomic mass is 15.3. The smallest absolute Gasteiger partial charge is 0.0689 e. The Kier molecular flexibility index (Phi) is 1.91. The molecule has 0 saturated heterocycles. The van der Waals surface area contributed by atoms with Crippen LogP contribution in [0.25, 0.3) is 0 Å². The molecule has 13 heavy (non-hydrogen) atoms. The maximum Gasteiger partial charge on any atom is 0.0689 e. The second-order valence-electron chi connectivity index (χ2n) is 4.11. The van der Waals surface area contributed by atoms with Gasteiger partial charge in [-0.05, 0) is 38.8 Å². The van der Waals surface area contributed by atoms with E-state index in [4.69, 9.17) is 5.73 Å². The van der Waals surface area contributed by atoms with Crippen LogP contribution in [0.15, 0.2) is 6.07 Å². The second-order valence-corrected chi connectivity index (χ2v) is 4.11. The summed E-state index contributed by atoms with van der Waals surface area (Å²) in [6, 6.07) is 2.20. The summed E-state index contributed by atoms with van der Waals surface area (Å²) in [5.41, 5.74) is 8.43. The molecule has 2 N–H and O–H groups in total. The first-order valence-corrected chi connectivity index (χ1v) is 4.89. The number of nitrogens with zero attached hydrogens (tertiary/aromatic N) is 2. The van der Waals surface area contributed by atoms with E-state index in [2.05, 4.69) is 18.1 Å². The Hall–Kier alpha value is -0.830. The van der Waals surface area contributed by atoms with E-state index in [0.29, 0.717) is 5.41 Å². The average molecular weight is 179 g/mol. The zero-order chi connectivity index (χ0) is 9.47. The summed E-state index contributed by atoms with van der Waals surface area (Å²) >= 11 is 0. The number of hydrogen-bond acceptors (Lipinski definition) is 2. The highest BCUT2D eigenvalue weighted by molar-refractivity contribution is 5.26. The zero-order valence-electron chi connectivity index (χ0n) is 8.38. The van der Waals surface area contributed by atoms with Gasteiger partial charge in [0.1, 0.15) is 0 Å². The Morgan fingerprint density at radius 2 is 2.31 bits per heavy atom. The molecule has 0 amide bonds. The first-order valence-electron chi connectivity index (χ1n) is 4.89. The van der Waals surface area contributed by atoms with E-state index in [1.165, 1.54) is 24.2 Å². The summed E-state index contributed by atoms with van der Waals surface area (Å²) in [5.74, 6) is 0. The molecule has 1 heterocycles. The van der Waals surface area contributed by atoms with Gasteiger partial charge in [0, 0.05) is 18.2 Å². The van der Waals surface area contributed by atoms with Crippen LogP contribution in [0.4, 0.5) is 0 Å². The lowest BCUT2D eigenvalue weighted by Gasteiger charge is -2.09. The number of rotatable bonds is 3. The van der Waals surface area contributed by atoms with Crippen molar-refractivity contribution in [2.75, 3.05) is 6.54 Å². The minimum absolute atomic E-state index is 0.348. The molecule has 0 aliphatic heterocycles. The Bertz CT molecular complexity index is 290. The third-order valence-electron chi connectivity index (χ3n) is 3.13. The third-order valence-corrected chi connectivity index (χ3v) is 3.13. The molecule has 1 fully saturated rings. The largest absolute Gasteiger partial charge is 0.330 e. The zero-order valence-corrected chi connectivity index (χ0v) is 8.38. The second kappa shape index (κ2) is 2.84. The molecule has 2 rings (SSSR count). The predicted octanol–water partition coefficient (Wildman–Crippen LogP) is 1.11. The lowest BCUT2D eigenvalue weighted by molar-refractivity contribution is 0.590. The van der Waals surface area contributed by atoms with Crippen molar-refractivity contribution < 1.29 is 0 Å². The van der Waals surface area contributed by atoms with Crippen LogP contribution in [0.1, 0.15) is 30.7 Å². The molecule has 1 aliphatic rings. The van der Waals surface area contributed by atoms with Gasteiger partial charge in [0.15, 0.2) is 0 Å². The number of aryl methyl sites for hydroxylation is 2. The van der Waals surface area contributed by atoms with Crippen LogP contribution in [0, 0.1) is 6.92 Å². The van der Waals surface area contributed by atoms with Crippen LogP contribution in [0.2, 0.25) is 0 Å². The predicted molar refractivity (Wildman–Crippen MR) is 52.5 cm³/mol. The minimum atomic E-state index is 0.348. The third kappa shape index (κ3) is 1.37. The Morgan fingerprint density at radius 1 is 1.62 bits per heavy atom. The lowest BCUT2D eigenvalue weighted by atomic mass is 9.98. The van der Waals surface area contributed by atoms with E-state index in [9.17, 15) is 0 Å². The van der Waals surface area contributed by atoms with E-state index in [1.807, 2.05) is 11.7 Å². The summed E-state index contributed by atoms with van der Waals surface area (Å²) in [6.45, 7) is 2.87. The summed E-state index contributed by atoms with van der Waals surface area (Å²) in [4.78, 5) is 0. The van der Waals surface area contributed by atoms with Gasteiger partial charge in [-0.3, -0.25) is 4.68 Å². The van der Waals surface area contributed by atoms with Gasteiger partial charge in [-0.25, -0.2) is 0 Å². The molecule has 1 saturated carbocycles. The van der Waals surface area contributed by atoms with Crippen molar-refractivity contribution in [3.8, 4) is 0 Å². The van der Waals surface area contributed by atoms with Gasteiger partial charge >= 0.3 is 0 Å². The van der Waals surface area contributed by atoms with Gasteiger partial charge in [0.05, 0.1) is 5.69 Å². The topological polar surface area (TPSA) is 43.8 Å². The molecular formula is C10H17N3. The van der Waals surface area contributed by atoms with Crippen molar-refractivity contribution in [2.45, 2.75) is 31.6 Å². The van der Waals surface area contributed by atoms with Gasteiger partial charge in [-0.1, -0.05) is 0 Å². The molecule has 0 spiro atoms. The molecular weight excluding hydrogens is 162 g/mol. The van der Waals surface area contributed by atoms with Crippen LogP contribution in [-0.4, -0.2) is 16.3 Å². The van der Waals surface area contributed by atoms with Gasteiger partial charge in [-0.15, -0.1) is 0 Å². The van der Waals surface area contributed by atoms with Gasteiger partial charge in [-0.2, -0.15) is 5.10 Å². The van der Waals surface area contributed by atoms with E-state index < -0.39 is 0 Å². The van der Waals surface area contributed by atoms with Crippen LogP contribution in [0.3, 0.4) is 0 Å². The van der Waals surface area contributed by atoms with E-state index in [0.717, 1.165) is 13.0 Å². The lowest BCUT2D eigenvalue weighted by Crippen LogP contribution is -2.14. The van der Waals surface area contributed by atoms with Crippen molar-refractivity contribution >= 4 is 0 Å². The summed E-state index contributed by atoms with van der Waals surface area (Å²) < 4.78 is 1.95. The summed E-state index contributed by atoms with van der Waals surface area (Å²) in [7, 11) is 2.00. The van der Waals surface area contributed by atoms with Gasteiger partial charge in [0.25, 0.3) is 0 Å².